The third-order valence-corrected chi connectivity index (χ3v) is 1.41. The van der Waals surface area contributed by atoms with E-state index in [0.717, 1.165) is 0 Å². The lowest BCUT2D eigenvalue weighted by Gasteiger charge is -2.16. The van der Waals surface area contributed by atoms with E-state index in [1.165, 1.54) is 6.08 Å². The Hall–Kier alpha value is -0.120. The molecule has 0 aliphatic heterocycles. The summed E-state index contributed by atoms with van der Waals surface area (Å²) in [5.74, 6) is 0. The second-order valence-corrected chi connectivity index (χ2v) is 4.49. The van der Waals surface area contributed by atoms with Gasteiger partial charge in [0.15, 0.2) is 3.79 Å². The molecule has 6 heteroatoms. The number of alkyl halides is 3. The molecule has 0 radical (unpaired) electrons. The van der Waals surface area contributed by atoms with Gasteiger partial charge in [0.05, 0.1) is 0 Å². The Bertz CT molecular complexity index is 175. The summed E-state index contributed by atoms with van der Waals surface area (Å²) in [6, 6.07) is 0. The van der Waals surface area contributed by atoms with E-state index in [1.807, 2.05) is 0 Å². The van der Waals surface area contributed by atoms with Gasteiger partial charge in [-0.2, -0.15) is 0 Å². The molecule has 0 saturated carbocycles. The van der Waals surface area contributed by atoms with Crippen molar-refractivity contribution in [3.05, 3.63) is 12.7 Å². The van der Waals surface area contributed by atoms with Crippen LogP contribution in [0.3, 0.4) is 0 Å². The molecule has 1 unspecified atom stereocenters. The topological polar surface area (TPSA) is 46.5 Å². The van der Waals surface area contributed by atoms with Crippen LogP contribution in [-0.2, 0) is 4.74 Å². The van der Waals surface area contributed by atoms with Crippen molar-refractivity contribution in [1.82, 2.24) is 0 Å². The molecule has 1 atom stereocenters. The van der Waals surface area contributed by atoms with Crippen LogP contribution in [0.25, 0.3) is 0 Å². The molecular formula is C6H7Cl3O3. The molecule has 0 amide bonds. The van der Waals surface area contributed by atoms with Crippen molar-refractivity contribution in [2.24, 2.45) is 0 Å². The SMILES string of the molecule is C=CC(CC(Cl)(Cl)Cl)OC(=O)O. The quantitative estimate of drug-likeness (QED) is 0.463. The van der Waals surface area contributed by atoms with Crippen LogP contribution in [0.1, 0.15) is 6.42 Å². The Morgan fingerprint density at radius 3 is 2.42 bits per heavy atom. The molecular weight excluding hydrogens is 226 g/mol. The van der Waals surface area contributed by atoms with E-state index in [9.17, 15) is 4.79 Å². The first kappa shape index (κ1) is 11.9. The minimum absolute atomic E-state index is 0.0481. The van der Waals surface area contributed by atoms with Crippen LogP contribution in [0.4, 0.5) is 4.79 Å². The van der Waals surface area contributed by atoms with Crippen molar-refractivity contribution in [3.63, 3.8) is 0 Å². The van der Waals surface area contributed by atoms with E-state index in [2.05, 4.69) is 11.3 Å². The van der Waals surface area contributed by atoms with Crippen molar-refractivity contribution in [1.29, 1.82) is 0 Å². The van der Waals surface area contributed by atoms with Crippen LogP contribution in [0, 0.1) is 0 Å². The van der Waals surface area contributed by atoms with E-state index in [4.69, 9.17) is 39.9 Å². The van der Waals surface area contributed by atoms with E-state index < -0.39 is 16.1 Å². The summed E-state index contributed by atoms with van der Waals surface area (Å²) >= 11 is 16.2. The van der Waals surface area contributed by atoms with E-state index in [-0.39, 0.29) is 6.42 Å². The molecule has 0 heterocycles. The Balaban J connectivity index is 4.00. The lowest BCUT2D eigenvalue weighted by molar-refractivity contribution is 0.0668. The van der Waals surface area contributed by atoms with Gasteiger partial charge in [0.2, 0.25) is 0 Å². The maximum atomic E-state index is 10.1. The number of hydrogen-bond donors (Lipinski definition) is 1. The van der Waals surface area contributed by atoms with Gasteiger partial charge >= 0.3 is 6.16 Å². The summed E-state index contributed by atoms with van der Waals surface area (Å²) in [5, 5.41) is 8.21. The zero-order valence-electron chi connectivity index (χ0n) is 5.97. The van der Waals surface area contributed by atoms with Gasteiger partial charge in [-0.1, -0.05) is 47.5 Å². The fourth-order valence-electron chi connectivity index (χ4n) is 0.531. The number of ether oxygens (including phenoxy) is 1. The maximum Gasteiger partial charge on any atom is 0.506 e. The van der Waals surface area contributed by atoms with E-state index in [1.54, 1.807) is 0 Å². The van der Waals surface area contributed by atoms with Crippen LogP contribution in [-0.4, -0.2) is 21.2 Å². The lowest BCUT2D eigenvalue weighted by atomic mass is 10.3. The van der Waals surface area contributed by atoms with Crippen molar-refractivity contribution >= 4 is 41.0 Å². The monoisotopic (exact) mass is 232 g/mol. The molecule has 12 heavy (non-hydrogen) atoms. The molecule has 0 spiro atoms. The Kier molecular flexibility index (Phi) is 4.75. The molecule has 0 aromatic carbocycles. The van der Waals surface area contributed by atoms with E-state index >= 15 is 0 Å². The highest BCUT2D eigenvalue weighted by molar-refractivity contribution is 6.67. The highest BCUT2D eigenvalue weighted by Gasteiger charge is 2.25. The summed E-state index contributed by atoms with van der Waals surface area (Å²) in [7, 11) is 0. The first-order valence-corrected chi connectivity index (χ1v) is 4.07. The summed E-state index contributed by atoms with van der Waals surface area (Å²) in [5.41, 5.74) is 0. The predicted molar refractivity (Wildman–Crippen MR) is 48.0 cm³/mol. The third-order valence-electron chi connectivity index (χ3n) is 0.948. The number of carboxylic acid groups (broad SMARTS) is 1. The summed E-state index contributed by atoms with van der Waals surface area (Å²) in [6.07, 6.45) is -1.01. The van der Waals surface area contributed by atoms with Crippen molar-refractivity contribution in [3.8, 4) is 0 Å². The van der Waals surface area contributed by atoms with Crippen LogP contribution < -0.4 is 0 Å². The number of halogens is 3. The molecule has 0 saturated heterocycles. The second kappa shape index (κ2) is 4.80. The van der Waals surface area contributed by atoms with Gasteiger partial charge in [-0.15, -0.1) is 0 Å². The smallest absolute Gasteiger partial charge is 0.450 e. The predicted octanol–water partition coefficient (Wildman–Crippen LogP) is 3.00. The molecule has 0 aromatic rings. The van der Waals surface area contributed by atoms with Crippen molar-refractivity contribution < 1.29 is 14.6 Å². The Labute approximate surface area is 84.9 Å². The zero-order chi connectivity index (χ0) is 9.78. The Morgan fingerprint density at radius 2 is 2.17 bits per heavy atom. The van der Waals surface area contributed by atoms with Crippen LogP contribution in [0.5, 0.6) is 0 Å². The lowest BCUT2D eigenvalue weighted by Crippen LogP contribution is -2.20. The molecule has 0 fully saturated rings. The summed E-state index contributed by atoms with van der Waals surface area (Å²) < 4.78 is 2.79. The van der Waals surface area contributed by atoms with Gasteiger partial charge in [0.1, 0.15) is 6.10 Å². The van der Waals surface area contributed by atoms with Gasteiger partial charge in [0.25, 0.3) is 0 Å². The van der Waals surface area contributed by atoms with E-state index in [0.29, 0.717) is 0 Å². The average Bonchev–Trinajstić information content (AvgIpc) is 1.82. The average molecular weight is 233 g/mol. The number of hydrogen-bond acceptors (Lipinski definition) is 2. The van der Waals surface area contributed by atoms with Crippen molar-refractivity contribution in [2.75, 3.05) is 0 Å². The number of carbonyl (C=O) groups is 1. The van der Waals surface area contributed by atoms with Gasteiger partial charge in [-0.25, -0.2) is 4.79 Å². The molecule has 0 rings (SSSR count). The zero-order valence-corrected chi connectivity index (χ0v) is 8.23. The molecule has 70 valence electrons. The standard InChI is InChI=1S/C6H7Cl3O3/c1-2-4(12-5(10)11)3-6(7,8)9/h2,4H,1,3H2,(H,10,11). The number of rotatable bonds is 3. The largest absolute Gasteiger partial charge is 0.506 e. The molecule has 0 aliphatic carbocycles. The second-order valence-electron chi connectivity index (χ2n) is 1.98. The van der Waals surface area contributed by atoms with Crippen molar-refractivity contribution in [2.45, 2.75) is 16.3 Å². The molecule has 0 aromatic heterocycles. The molecule has 3 nitrogen and oxygen atoms in total. The van der Waals surface area contributed by atoms with Crippen LogP contribution in [0.2, 0.25) is 0 Å². The van der Waals surface area contributed by atoms with Gasteiger partial charge in [-0.3, -0.25) is 0 Å². The van der Waals surface area contributed by atoms with Gasteiger partial charge < -0.3 is 9.84 Å². The minimum atomic E-state index is -1.53. The first-order valence-electron chi connectivity index (χ1n) is 2.94. The molecule has 0 bridgehead atoms. The normalized spacial score (nSPS) is 13.6. The van der Waals surface area contributed by atoms with Gasteiger partial charge in [0, 0.05) is 6.42 Å². The first-order chi connectivity index (χ1) is 5.35. The van der Waals surface area contributed by atoms with Crippen LogP contribution >= 0.6 is 34.8 Å². The minimum Gasteiger partial charge on any atom is -0.450 e. The maximum absolute atomic E-state index is 10.1. The molecule has 1 N–H and O–H groups in total. The summed E-state index contributed by atoms with van der Waals surface area (Å²) in [6.45, 7) is 3.33. The Morgan fingerprint density at radius 1 is 1.67 bits per heavy atom. The fraction of sp³-hybridized carbons (Fsp3) is 0.500. The third kappa shape index (κ3) is 6.58. The van der Waals surface area contributed by atoms with Gasteiger partial charge in [-0.05, 0) is 0 Å². The highest BCUT2D eigenvalue weighted by Crippen LogP contribution is 2.32. The highest BCUT2D eigenvalue weighted by atomic mass is 35.6. The fourth-order valence-corrected chi connectivity index (χ4v) is 0.987. The summed E-state index contributed by atoms with van der Waals surface area (Å²) in [4.78, 5) is 10.1. The molecule has 0 aliphatic rings. The van der Waals surface area contributed by atoms with Crippen LogP contribution in [0.15, 0.2) is 12.7 Å².